The molecule has 0 aliphatic carbocycles. The number of likely N-dealkylation sites (N-methyl/N-ethyl adjacent to an activating group) is 1. The first kappa shape index (κ1) is 25.1. The summed E-state index contributed by atoms with van der Waals surface area (Å²) in [6, 6.07) is 0.560. The number of nitrogens with one attached hydrogen (secondary N) is 2. The van der Waals surface area contributed by atoms with E-state index in [2.05, 4.69) is 48.3 Å². The molecule has 0 aromatic heterocycles. The van der Waals surface area contributed by atoms with Crippen molar-refractivity contribution in [1.82, 2.24) is 15.5 Å². The fourth-order valence-corrected chi connectivity index (χ4v) is 1.64. The maximum atomic E-state index is 5.50. The Hall–Kier alpha value is -0.120. The standard InChI is InChI=1S/C16H36N4O2.HI/c1-6-7-11-21-13-14-22-12-9-19-16(17-4)18-8-10-20(5)15(2)3;/h15H,6-14H2,1-5H3,(H2,17,18,19);1H. The second-order valence-electron chi connectivity index (χ2n) is 5.58. The molecule has 0 aliphatic heterocycles. The molecule has 0 atom stereocenters. The largest absolute Gasteiger partial charge is 0.379 e. The van der Waals surface area contributed by atoms with E-state index in [0.29, 0.717) is 25.9 Å². The number of aliphatic imine (C=N–C) groups is 1. The predicted molar refractivity (Wildman–Crippen MR) is 109 cm³/mol. The fraction of sp³-hybridized carbons (Fsp3) is 0.938. The first-order chi connectivity index (χ1) is 10.6. The Kier molecular flexibility index (Phi) is 19.9. The highest BCUT2D eigenvalue weighted by Gasteiger charge is 2.03. The maximum absolute atomic E-state index is 5.50. The van der Waals surface area contributed by atoms with Crippen molar-refractivity contribution >= 4 is 29.9 Å². The van der Waals surface area contributed by atoms with Crippen LogP contribution in [0.4, 0.5) is 0 Å². The van der Waals surface area contributed by atoms with Gasteiger partial charge in [-0.25, -0.2) is 0 Å². The zero-order valence-electron chi connectivity index (χ0n) is 15.6. The lowest BCUT2D eigenvalue weighted by Gasteiger charge is -2.21. The van der Waals surface area contributed by atoms with Gasteiger partial charge in [0.1, 0.15) is 0 Å². The predicted octanol–water partition coefficient (Wildman–Crippen LogP) is 1.94. The maximum Gasteiger partial charge on any atom is 0.191 e. The Balaban J connectivity index is 0. The van der Waals surface area contributed by atoms with Crippen molar-refractivity contribution in [1.29, 1.82) is 0 Å². The number of hydrogen-bond acceptors (Lipinski definition) is 4. The van der Waals surface area contributed by atoms with Crippen molar-refractivity contribution in [2.75, 3.05) is 60.2 Å². The zero-order valence-corrected chi connectivity index (χ0v) is 17.9. The summed E-state index contributed by atoms with van der Waals surface area (Å²) in [7, 11) is 3.91. The monoisotopic (exact) mass is 444 g/mol. The van der Waals surface area contributed by atoms with Crippen molar-refractivity contribution in [3.8, 4) is 0 Å². The summed E-state index contributed by atoms with van der Waals surface area (Å²) in [6.07, 6.45) is 2.29. The van der Waals surface area contributed by atoms with Gasteiger partial charge in [-0.3, -0.25) is 4.99 Å². The number of unbranched alkanes of at least 4 members (excludes halogenated alkanes) is 1. The molecule has 0 saturated carbocycles. The minimum Gasteiger partial charge on any atom is -0.379 e. The molecule has 0 fully saturated rings. The summed E-state index contributed by atoms with van der Waals surface area (Å²) < 4.78 is 10.9. The molecule has 0 bridgehead atoms. The van der Waals surface area contributed by atoms with E-state index in [1.807, 2.05) is 0 Å². The molecule has 0 aromatic carbocycles. The Morgan fingerprint density at radius 3 is 2.22 bits per heavy atom. The lowest BCUT2D eigenvalue weighted by Crippen LogP contribution is -2.43. The van der Waals surface area contributed by atoms with Crippen LogP contribution in [0.3, 0.4) is 0 Å². The number of nitrogens with zero attached hydrogens (tertiary/aromatic N) is 2. The van der Waals surface area contributed by atoms with Gasteiger partial charge in [0, 0.05) is 39.3 Å². The lowest BCUT2D eigenvalue weighted by molar-refractivity contribution is 0.0487. The summed E-state index contributed by atoms with van der Waals surface area (Å²) in [6.45, 7) is 12.0. The molecule has 0 unspecified atom stereocenters. The van der Waals surface area contributed by atoms with E-state index in [1.54, 1.807) is 7.05 Å². The number of ether oxygens (including phenoxy) is 2. The number of hydrogen-bond donors (Lipinski definition) is 2. The van der Waals surface area contributed by atoms with Gasteiger partial charge in [-0.1, -0.05) is 13.3 Å². The van der Waals surface area contributed by atoms with Crippen LogP contribution >= 0.6 is 24.0 Å². The second-order valence-corrected chi connectivity index (χ2v) is 5.58. The Bertz CT molecular complexity index is 279. The first-order valence-electron chi connectivity index (χ1n) is 8.42. The van der Waals surface area contributed by atoms with Crippen molar-refractivity contribution in [3.05, 3.63) is 0 Å². The molecule has 2 N–H and O–H groups in total. The van der Waals surface area contributed by atoms with Gasteiger partial charge >= 0.3 is 0 Å². The highest BCUT2D eigenvalue weighted by molar-refractivity contribution is 14.0. The van der Waals surface area contributed by atoms with Crippen LogP contribution in [0, 0.1) is 0 Å². The average Bonchev–Trinajstić information content (AvgIpc) is 2.51. The minimum atomic E-state index is 0. The van der Waals surface area contributed by atoms with Crippen LogP contribution in [-0.2, 0) is 9.47 Å². The van der Waals surface area contributed by atoms with Crippen LogP contribution in [0.2, 0.25) is 0 Å². The van der Waals surface area contributed by atoms with Gasteiger partial charge in [0.05, 0.1) is 19.8 Å². The van der Waals surface area contributed by atoms with Gasteiger partial charge in [-0.05, 0) is 27.3 Å². The molecule has 0 rings (SSSR count). The van der Waals surface area contributed by atoms with E-state index in [4.69, 9.17) is 9.47 Å². The number of rotatable bonds is 13. The first-order valence-corrected chi connectivity index (χ1v) is 8.42. The van der Waals surface area contributed by atoms with Gasteiger partial charge in [0.2, 0.25) is 0 Å². The number of halogens is 1. The van der Waals surface area contributed by atoms with E-state index in [9.17, 15) is 0 Å². The third-order valence-corrected chi connectivity index (χ3v) is 3.42. The van der Waals surface area contributed by atoms with Crippen LogP contribution in [0.1, 0.15) is 33.6 Å². The molecule has 0 spiro atoms. The molecule has 0 aliphatic rings. The molecular formula is C16H37IN4O2. The highest BCUT2D eigenvalue weighted by Crippen LogP contribution is 1.90. The Morgan fingerprint density at radius 1 is 1.04 bits per heavy atom. The molecular weight excluding hydrogens is 407 g/mol. The van der Waals surface area contributed by atoms with Crippen LogP contribution in [0.5, 0.6) is 0 Å². The lowest BCUT2D eigenvalue weighted by atomic mass is 10.3. The van der Waals surface area contributed by atoms with E-state index >= 15 is 0 Å². The molecule has 0 radical (unpaired) electrons. The van der Waals surface area contributed by atoms with Crippen LogP contribution in [0.25, 0.3) is 0 Å². The summed E-state index contributed by atoms with van der Waals surface area (Å²) in [4.78, 5) is 6.49. The molecule has 140 valence electrons. The molecule has 0 heterocycles. The molecule has 23 heavy (non-hydrogen) atoms. The summed E-state index contributed by atoms with van der Waals surface area (Å²) in [5.74, 6) is 0.819. The zero-order chi connectivity index (χ0) is 16.6. The van der Waals surface area contributed by atoms with E-state index in [0.717, 1.165) is 38.6 Å². The third kappa shape index (κ3) is 16.5. The Morgan fingerprint density at radius 2 is 1.65 bits per heavy atom. The van der Waals surface area contributed by atoms with Gasteiger partial charge in [-0.15, -0.1) is 24.0 Å². The van der Waals surface area contributed by atoms with E-state index in [1.165, 1.54) is 6.42 Å². The molecule has 0 amide bonds. The normalized spacial score (nSPS) is 11.7. The Labute approximate surface area is 159 Å². The van der Waals surface area contributed by atoms with E-state index < -0.39 is 0 Å². The van der Waals surface area contributed by atoms with Crippen molar-refractivity contribution in [3.63, 3.8) is 0 Å². The average molecular weight is 444 g/mol. The molecule has 0 saturated heterocycles. The summed E-state index contributed by atoms with van der Waals surface area (Å²) in [5.41, 5.74) is 0. The van der Waals surface area contributed by atoms with Gasteiger partial charge < -0.3 is 25.0 Å². The van der Waals surface area contributed by atoms with E-state index in [-0.39, 0.29) is 24.0 Å². The van der Waals surface area contributed by atoms with Crippen LogP contribution in [-0.4, -0.2) is 77.1 Å². The number of guanidine groups is 1. The summed E-state index contributed by atoms with van der Waals surface area (Å²) >= 11 is 0. The fourth-order valence-electron chi connectivity index (χ4n) is 1.64. The summed E-state index contributed by atoms with van der Waals surface area (Å²) in [5, 5.41) is 6.54. The minimum absolute atomic E-state index is 0. The van der Waals surface area contributed by atoms with Crippen LogP contribution < -0.4 is 10.6 Å². The van der Waals surface area contributed by atoms with Gasteiger partial charge in [0.15, 0.2) is 5.96 Å². The van der Waals surface area contributed by atoms with Crippen molar-refractivity contribution in [2.24, 2.45) is 4.99 Å². The third-order valence-electron chi connectivity index (χ3n) is 3.42. The second kappa shape index (κ2) is 18.2. The van der Waals surface area contributed by atoms with Crippen molar-refractivity contribution in [2.45, 2.75) is 39.7 Å². The quantitative estimate of drug-likeness (QED) is 0.197. The topological polar surface area (TPSA) is 58.1 Å². The van der Waals surface area contributed by atoms with Crippen molar-refractivity contribution < 1.29 is 9.47 Å². The van der Waals surface area contributed by atoms with Gasteiger partial charge in [-0.2, -0.15) is 0 Å². The van der Waals surface area contributed by atoms with Gasteiger partial charge in [0.25, 0.3) is 0 Å². The van der Waals surface area contributed by atoms with Crippen LogP contribution in [0.15, 0.2) is 4.99 Å². The molecule has 7 heteroatoms. The smallest absolute Gasteiger partial charge is 0.191 e. The highest BCUT2D eigenvalue weighted by atomic mass is 127. The SMILES string of the molecule is CCCCOCCOCCNC(=NC)NCCN(C)C(C)C.I. The molecule has 0 aromatic rings. The molecule has 6 nitrogen and oxygen atoms in total.